The number of hydrogen-bond acceptors (Lipinski definition) is 7. The number of amides is 1. The lowest BCUT2D eigenvalue weighted by atomic mass is 9.88. The Morgan fingerprint density at radius 3 is 2.64 bits per heavy atom. The van der Waals surface area contributed by atoms with Crippen LogP contribution in [0, 0.1) is 5.92 Å². The first-order chi connectivity index (χ1) is 13.6. The summed E-state index contributed by atoms with van der Waals surface area (Å²) in [6, 6.07) is -0.605. The standard InChI is InChI=1S/C20H36N4O3S/c1-4-5-12-17(23-19(26)16-10-7-6-8-11-16)18(25)20(27-3)24-22-15-28-14-9-13-21-2/h15-17,21H,4-14H2,1-3H3,(H,23,26)/b22-15+,24-20-. The van der Waals surface area contributed by atoms with Crippen LogP contribution < -0.4 is 10.6 Å². The summed E-state index contributed by atoms with van der Waals surface area (Å²) < 4.78 is 5.16. The highest BCUT2D eigenvalue weighted by Crippen LogP contribution is 2.24. The van der Waals surface area contributed by atoms with Crippen molar-refractivity contribution in [2.45, 2.75) is 70.8 Å². The van der Waals surface area contributed by atoms with Gasteiger partial charge in [0.15, 0.2) is 0 Å². The molecule has 1 saturated carbocycles. The van der Waals surface area contributed by atoms with Gasteiger partial charge in [-0.15, -0.1) is 22.0 Å². The molecule has 1 rings (SSSR count). The van der Waals surface area contributed by atoms with Crippen LogP contribution in [0.3, 0.4) is 0 Å². The number of nitrogens with zero attached hydrogens (tertiary/aromatic N) is 2. The lowest BCUT2D eigenvalue weighted by Gasteiger charge is -2.24. The Hall–Kier alpha value is -1.41. The summed E-state index contributed by atoms with van der Waals surface area (Å²) in [6.07, 6.45) is 8.56. The predicted octanol–water partition coefficient (Wildman–Crippen LogP) is 3.14. The molecule has 0 bridgehead atoms. The topological polar surface area (TPSA) is 92.2 Å². The van der Waals surface area contributed by atoms with Crippen molar-refractivity contribution in [1.29, 1.82) is 0 Å². The van der Waals surface area contributed by atoms with Crippen molar-refractivity contribution in [2.75, 3.05) is 26.5 Å². The van der Waals surface area contributed by atoms with E-state index in [9.17, 15) is 9.59 Å². The first-order valence-electron chi connectivity index (χ1n) is 10.4. The molecule has 0 heterocycles. The molecule has 0 aromatic carbocycles. The van der Waals surface area contributed by atoms with Gasteiger partial charge in [0.2, 0.25) is 11.7 Å². The zero-order chi connectivity index (χ0) is 20.6. The minimum atomic E-state index is -0.605. The van der Waals surface area contributed by atoms with Crippen LogP contribution in [0.2, 0.25) is 0 Å². The number of unbranched alkanes of at least 4 members (excludes halogenated alkanes) is 1. The highest BCUT2D eigenvalue weighted by Gasteiger charge is 2.29. The smallest absolute Gasteiger partial charge is 0.279 e. The van der Waals surface area contributed by atoms with Gasteiger partial charge in [-0.1, -0.05) is 39.0 Å². The molecular formula is C20H36N4O3S. The van der Waals surface area contributed by atoms with E-state index in [0.717, 1.165) is 57.2 Å². The average molecular weight is 413 g/mol. The Morgan fingerprint density at radius 1 is 1.25 bits per heavy atom. The number of methoxy groups -OCH3 is 1. The molecule has 1 atom stereocenters. The maximum absolute atomic E-state index is 12.8. The minimum absolute atomic E-state index is 0.0145. The first kappa shape index (κ1) is 24.6. The molecule has 160 valence electrons. The van der Waals surface area contributed by atoms with E-state index in [-0.39, 0.29) is 23.5 Å². The van der Waals surface area contributed by atoms with Gasteiger partial charge in [0.1, 0.15) is 0 Å². The zero-order valence-corrected chi connectivity index (χ0v) is 18.4. The quantitative estimate of drug-likeness (QED) is 0.210. The monoisotopic (exact) mass is 412 g/mol. The van der Waals surface area contributed by atoms with Gasteiger partial charge in [0.05, 0.1) is 18.7 Å². The van der Waals surface area contributed by atoms with Crippen molar-refractivity contribution < 1.29 is 14.3 Å². The molecule has 1 amide bonds. The predicted molar refractivity (Wildman–Crippen MR) is 117 cm³/mol. The molecule has 28 heavy (non-hydrogen) atoms. The Labute approximate surface area is 173 Å². The third kappa shape index (κ3) is 9.68. The number of hydrogen-bond donors (Lipinski definition) is 2. The largest absolute Gasteiger partial charge is 0.477 e. The lowest BCUT2D eigenvalue weighted by Crippen LogP contribution is -2.46. The summed E-state index contributed by atoms with van der Waals surface area (Å²) in [5, 5.41) is 13.9. The number of ketones is 1. The van der Waals surface area contributed by atoms with Crippen LogP contribution >= 0.6 is 11.8 Å². The van der Waals surface area contributed by atoms with Gasteiger partial charge >= 0.3 is 0 Å². The molecule has 0 aromatic rings. The summed E-state index contributed by atoms with van der Waals surface area (Å²) in [5.41, 5.74) is 1.61. The van der Waals surface area contributed by atoms with E-state index in [2.05, 4.69) is 27.8 Å². The van der Waals surface area contributed by atoms with Crippen molar-refractivity contribution in [2.24, 2.45) is 16.1 Å². The van der Waals surface area contributed by atoms with Gasteiger partial charge in [-0.05, 0) is 39.3 Å². The highest BCUT2D eigenvalue weighted by molar-refractivity contribution is 8.12. The Balaban J connectivity index is 2.66. The third-order valence-electron chi connectivity index (χ3n) is 4.82. The Kier molecular flexibility index (Phi) is 13.6. The molecule has 8 heteroatoms. The minimum Gasteiger partial charge on any atom is -0.477 e. The normalized spacial score (nSPS) is 16.9. The summed E-state index contributed by atoms with van der Waals surface area (Å²) in [4.78, 5) is 25.4. The highest BCUT2D eigenvalue weighted by atomic mass is 32.2. The van der Waals surface area contributed by atoms with Crippen LogP contribution in [0.1, 0.15) is 64.7 Å². The summed E-state index contributed by atoms with van der Waals surface area (Å²) in [7, 11) is 3.33. The molecule has 0 aromatic heterocycles. The molecule has 1 fully saturated rings. The molecule has 7 nitrogen and oxygen atoms in total. The molecule has 2 N–H and O–H groups in total. The fourth-order valence-electron chi connectivity index (χ4n) is 3.17. The number of nitrogens with one attached hydrogen (secondary N) is 2. The molecule has 0 aliphatic heterocycles. The molecular weight excluding hydrogens is 376 g/mol. The number of rotatable bonds is 13. The summed E-state index contributed by atoms with van der Waals surface area (Å²) in [5.74, 6) is 0.551. The van der Waals surface area contributed by atoms with E-state index < -0.39 is 6.04 Å². The second kappa shape index (κ2) is 15.5. The first-order valence-corrected chi connectivity index (χ1v) is 11.4. The van der Waals surface area contributed by atoms with E-state index >= 15 is 0 Å². The third-order valence-corrected chi connectivity index (χ3v) is 5.59. The maximum Gasteiger partial charge on any atom is 0.279 e. The number of carbonyl (C=O) groups is 2. The van der Waals surface area contributed by atoms with Crippen LogP contribution in [0.4, 0.5) is 0 Å². The van der Waals surface area contributed by atoms with Gasteiger partial charge in [-0.2, -0.15) is 0 Å². The number of Topliss-reactive ketones (excluding diaryl/α,β-unsaturated/α-hetero) is 1. The second-order valence-corrected chi connectivity index (χ2v) is 8.01. The van der Waals surface area contributed by atoms with Crippen molar-refractivity contribution in [1.82, 2.24) is 10.6 Å². The fourth-order valence-corrected chi connectivity index (χ4v) is 3.70. The SMILES string of the molecule is CCCCC(NC(=O)C1CCCCC1)C(=O)/C(=N/N=C/SCCCNC)OC. The number of thioether (sulfide) groups is 1. The van der Waals surface area contributed by atoms with E-state index in [1.807, 2.05) is 7.05 Å². The Bertz CT molecular complexity index is 520. The van der Waals surface area contributed by atoms with Crippen LogP contribution in [-0.4, -0.2) is 55.6 Å². The summed E-state index contributed by atoms with van der Waals surface area (Å²) >= 11 is 1.53. The van der Waals surface area contributed by atoms with Crippen molar-refractivity contribution in [3.05, 3.63) is 0 Å². The van der Waals surface area contributed by atoms with Gasteiger partial charge in [0.25, 0.3) is 5.90 Å². The molecule has 1 unspecified atom stereocenters. The van der Waals surface area contributed by atoms with Gasteiger partial charge < -0.3 is 15.4 Å². The van der Waals surface area contributed by atoms with Crippen molar-refractivity contribution in [3.8, 4) is 0 Å². The fraction of sp³-hybridized carbons (Fsp3) is 0.800. The molecule has 0 spiro atoms. The van der Waals surface area contributed by atoms with Gasteiger partial charge in [-0.3, -0.25) is 9.59 Å². The van der Waals surface area contributed by atoms with E-state index in [4.69, 9.17) is 4.74 Å². The zero-order valence-electron chi connectivity index (χ0n) is 17.5. The van der Waals surface area contributed by atoms with Gasteiger partial charge in [-0.25, -0.2) is 0 Å². The van der Waals surface area contributed by atoms with Crippen LogP contribution in [0.5, 0.6) is 0 Å². The average Bonchev–Trinajstić information content (AvgIpc) is 2.73. The van der Waals surface area contributed by atoms with Crippen molar-refractivity contribution in [3.63, 3.8) is 0 Å². The van der Waals surface area contributed by atoms with Crippen LogP contribution in [0.15, 0.2) is 10.2 Å². The van der Waals surface area contributed by atoms with Crippen LogP contribution in [0.25, 0.3) is 0 Å². The maximum atomic E-state index is 12.8. The lowest BCUT2D eigenvalue weighted by molar-refractivity contribution is -0.129. The van der Waals surface area contributed by atoms with E-state index in [0.29, 0.717) is 6.42 Å². The molecule has 0 radical (unpaired) electrons. The van der Waals surface area contributed by atoms with E-state index in [1.165, 1.54) is 25.3 Å². The Morgan fingerprint density at radius 2 is 2.00 bits per heavy atom. The second-order valence-electron chi connectivity index (χ2n) is 7.06. The summed E-state index contributed by atoms with van der Waals surface area (Å²) in [6.45, 7) is 3.01. The molecule has 1 aliphatic rings. The van der Waals surface area contributed by atoms with E-state index in [1.54, 1.807) is 5.55 Å². The number of ether oxygens (including phenoxy) is 1. The van der Waals surface area contributed by atoms with Crippen molar-refractivity contribution >= 4 is 34.9 Å². The van der Waals surface area contributed by atoms with Crippen LogP contribution in [-0.2, 0) is 14.3 Å². The number of carbonyl (C=O) groups excluding carboxylic acids is 2. The molecule has 1 aliphatic carbocycles. The molecule has 0 saturated heterocycles. The van der Waals surface area contributed by atoms with Gasteiger partial charge in [0, 0.05) is 11.7 Å².